The fraction of sp³-hybridized carbons (Fsp3) is 0.667. The minimum atomic E-state index is -1.83. The van der Waals surface area contributed by atoms with Crippen molar-refractivity contribution in [1.29, 1.82) is 0 Å². The highest BCUT2D eigenvalue weighted by molar-refractivity contribution is 6.74. The summed E-state index contributed by atoms with van der Waals surface area (Å²) in [5, 5.41) is 10.3. The van der Waals surface area contributed by atoms with Crippen LogP contribution in [0.2, 0.25) is 18.1 Å². The maximum absolute atomic E-state index is 10.1. The van der Waals surface area contributed by atoms with Crippen molar-refractivity contribution < 1.29 is 19.0 Å². The normalized spacial score (nSPS) is 25.7. The molecule has 1 fully saturated rings. The molecule has 0 spiro atoms. The van der Waals surface area contributed by atoms with Crippen molar-refractivity contribution in [3.8, 4) is 0 Å². The Kier molecular flexibility index (Phi) is 6.03. The van der Waals surface area contributed by atoms with Crippen LogP contribution in [-0.2, 0) is 20.5 Å². The summed E-state index contributed by atoms with van der Waals surface area (Å²) in [5.74, 6) is 0. The molecule has 1 N–H and O–H groups in total. The third-order valence-corrected chi connectivity index (χ3v) is 9.43. The number of hydrogen-bond acceptors (Lipinski definition) is 4. The summed E-state index contributed by atoms with van der Waals surface area (Å²) < 4.78 is 17.9. The van der Waals surface area contributed by atoms with E-state index in [1.165, 1.54) is 0 Å². The fourth-order valence-corrected chi connectivity index (χ4v) is 3.31. The molecule has 23 heavy (non-hydrogen) atoms. The number of hydrogen-bond donors (Lipinski definition) is 1. The van der Waals surface area contributed by atoms with Crippen LogP contribution in [0.25, 0.3) is 0 Å². The molecule has 4 nitrogen and oxygen atoms in total. The van der Waals surface area contributed by atoms with Crippen LogP contribution in [0.15, 0.2) is 30.3 Å². The highest BCUT2D eigenvalue weighted by Gasteiger charge is 2.41. The first kappa shape index (κ1) is 18.6. The standard InChI is InChI=1S/C18H30O4Si/c1-18(2,3)23(4,5)22-13-16-17(15(19)12-20-16)21-11-14-9-7-6-8-10-14/h6-10,15-17,19H,11-13H2,1-5H3/t15-,16+,17+/m1/s1. The summed E-state index contributed by atoms with van der Waals surface area (Å²) in [6.07, 6.45) is -1.13. The van der Waals surface area contributed by atoms with Crippen LogP contribution in [-0.4, -0.2) is 44.9 Å². The molecule has 0 saturated carbocycles. The van der Waals surface area contributed by atoms with Crippen LogP contribution >= 0.6 is 0 Å². The summed E-state index contributed by atoms with van der Waals surface area (Å²) in [5.41, 5.74) is 1.09. The second-order valence-corrected chi connectivity index (χ2v) is 12.6. The Hall–Kier alpha value is -0.723. The molecule has 3 atom stereocenters. The first-order chi connectivity index (χ1) is 10.7. The van der Waals surface area contributed by atoms with Gasteiger partial charge in [0.2, 0.25) is 0 Å². The molecule has 0 aromatic heterocycles. The van der Waals surface area contributed by atoms with E-state index >= 15 is 0 Å². The largest absolute Gasteiger partial charge is 0.414 e. The van der Waals surface area contributed by atoms with Gasteiger partial charge in [0.05, 0.1) is 19.8 Å². The van der Waals surface area contributed by atoms with Gasteiger partial charge in [-0.25, -0.2) is 0 Å². The van der Waals surface area contributed by atoms with E-state index in [1.54, 1.807) is 0 Å². The van der Waals surface area contributed by atoms with Crippen LogP contribution in [0.3, 0.4) is 0 Å². The van der Waals surface area contributed by atoms with E-state index in [1.807, 2.05) is 30.3 Å². The predicted octanol–water partition coefficient (Wildman–Crippen LogP) is 3.35. The number of benzene rings is 1. The molecule has 0 radical (unpaired) electrons. The van der Waals surface area contributed by atoms with Gasteiger partial charge in [0.1, 0.15) is 18.3 Å². The first-order valence-electron chi connectivity index (χ1n) is 8.30. The van der Waals surface area contributed by atoms with E-state index in [4.69, 9.17) is 13.9 Å². The molecule has 0 unspecified atom stereocenters. The van der Waals surface area contributed by atoms with Crippen molar-refractivity contribution in [3.05, 3.63) is 35.9 Å². The molecule has 1 aromatic rings. The highest BCUT2D eigenvalue weighted by atomic mass is 28.4. The summed E-state index contributed by atoms with van der Waals surface area (Å²) in [6.45, 7) is 12.4. The summed E-state index contributed by atoms with van der Waals surface area (Å²) in [6, 6.07) is 9.98. The number of aliphatic hydroxyl groups is 1. The lowest BCUT2D eigenvalue weighted by atomic mass is 10.1. The minimum absolute atomic E-state index is 0.157. The van der Waals surface area contributed by atoms with E-state index in [0.717, 1.165) is 5.56 Å². The van der Waals surface area contributed by atoms with Gasteiger partial charge in [0.25, 0.3) is 0 Å². The third-order valence-electron chi connectivity index (χ3n) is 4.93. The van der Waals surface area contributed by atoms with Gasteiger partial charge in [0.15, 0.2) is 8.32 Å². The fourth-order valence-electron chi connectivity index (χ4n) is 2.29. The van der Waals surface area contributed by atoms with E-state index in [9.17, 15) is 5.11 Å². The average Bonchev–Trinajstić information content (AvgIpc) is 2.83. The Morgan fingerprint density at radius 2 is 1.87 bits per heavy atom. The lowest BCUT2D eigenvalue weighted by Gasteiger charge is -2.37. The van der Waals surface area contributed by atoms with E-state index in [0.29, 0.717) is 19.8 Å². The molecule has 1 aromatic carbocycles. The molecule has 130 valence electrons. The minimum Gasteiger partial charge on any atom is -0.414 e. The molecule has 5 heteroatoms. The SMILES string of the molecule is CC(C)(C)[Si](C)(C)OC[C@@H]1OC[C@@H](O)[C@@H]1OCc1ccccc1. The predicted molar refractivity (Wildman–Crippen MR) is 93.9 cm³/mol. The van der Waals surface area contributed by atoms with Crippen molar-refractivity contribution in [1.82, 2.24) is 0 Å². The maximum Gasteiger partial charge on any atom is 0.192 e. The Morgan fingerprint density at radius 1 is 1.22 bits per heavy atom. The van der Waals surface area contributed by atoms with Crippen LogP contribution in [0.1, 0.15) is 26.3 Å². The molecule has 0 aliphatic carbocycles. The van der Waals surface area contributed by atoms with Crippen LogP contribution in [0.4, 0.5) is 0 Å². The Balaban J connectivity index is 1.90. The highest BCUT2D eigenvalue weighted by Crippen LogP contribution is 2.37. The average molecular weight is 339 g/mol. The number of ether oxygens (including phenoxy) is 2. The summed E-state index contributed by atoms with van der Waals surface area (Å²) in [4.78, 5) is 0. The number of aliphatic hydroxyl groups excluding tert-OH is 1. The second kappa shape index (κ2) is 7.45. The van der Waals surface area contributed by atoms with Gasteiger partial charge in [-0.05, 0) is 23.7 Å². The van der Waals surface area contributed by atoms with Gasteiger partial charge in [-0.15, -0.1) is 0 Å². The molecular weight excluding hydrogens is 308 g/mol. The quantitative estimate of drug-likeness (QED) is 0.808. The molecule has 2 rings (SSSR count). The Morgan fingerprint density at radius 3 is 2.48 bits per heavy atom. The van der Waals surface area contributed by atoms with Crippen LogP contribution < -0.4 is 0 Å². The van der Waals surface area contributed by atoms with Crippen molar-refractivity contribution in [3.63, 3.8) is 0 Å². The van der Waals surface area contributed by atoms with Crippen LogP contribution in [0.5, 0.6) is 0 Å². The second-order valence-electron chi connectivity index (χ2n) is 7.77. The monoisotopic (exact) mass is 338 g/mol. The van der Waals surface area contributed by atoms with Gasteiger partial charge in [0, 0.05) is 0 Å². The number of rotatable bonds is 6. The van der Waals surface area contributed by atoms with E-state index < -0.39 is 14.4 Å². The lowest BCUT2D eigenvalue weighted by molar-refractivity contribution is -0.0587. The van der Waals surface area contributed by atoms with Crippen LogP contribution in [0, 0.1) is 0 Å². The van der Waals surface area contributed by atoms with Gasteiger partial charge >= 0.3 is 0 Å². The molecular formula is C18H30O4Si. The molecule has 0 bridgehead atoms. The molecule has 1 aliphatic rings. The maximum atomic E-state index is 10.1. The molecule has 1 saturated heterocycles. The van der Waals surface area contributed by atoms with E-state index in [2.05, 4.69) is 33.9 Å². The van der Waals surface area contributed by atoms with Gasteiger partial charge in [-0.2, -0.15) is 0 Å². The first-order valence-corrected chi connectivity index (χ1v) is 11.2. The van der Waals surface area contributed by atoms with Gasteiger partial charge in [-0.3, -0.25) is 0 Å². The zero-order chi connectivity index (χ0) is 17.1. The van der Waals surface area contributed by atoms with Crippen molar-refractivity contribution in [2.24, 2.45) is 0 Å². The topological polar surface area (TPSA) is 47.9 Å². The molecule has 0 amide bonds. The Bertz CT molecular complexity index is 484. The van der Waals surface area contributed by atoms with E-state index in [-0.39, 0.29) is 17.2 Å². The lowest BCUT2D eigenvalue weighted by Crippen LogP contribution is -2.45. The summed E-state index contributed by atoms with van der Waals surface area (Å²) >= 11 is 0. The van der Waals surface area contributed by atoms with Gasteiger partial charge in [-0.1, -0.05) is 51.1 Å². The summed E-state index contributed by atoms with van der Waals surface area (Å²) in [7, 11) is -1.83. The van der Waals surface area contributed by atoms with Crippen molar-refractivity contribution >= 4 is 8.32 Å². The van der Waals surface area contributed by atoms with Crippen molar-refractivity contribution in [2.45, 2.75) is 63.8 Å². The zero-order valence-electron chi connectivity index (χ0n) is 14.9. The zero-order valence-corrected chi connectivity index (χ0v) is 15.9. The van der Waals surface area contributed by atoms with Crippen molar-refractivity contribution in [2.75, 3.05) is 13.2 Å². The Labute approximate surface area is 140 Å². The molecule has 1 heterocycles. The van der Waals surface area contributed by atoms with Gasteiger partial charge < -0.3 is 19.0 Å². The smallest absolute Gasteiger partial charge is 0.192 e. The third kappa shape index (κ3) is 4.87. The molecule has 1 aliphatic heterocycles.